The zero-order valence-electron chi connectivity index (χ0n) is 9.35. The molecule has 0 N–H and O–H groups in total. The average Bonchev–Trinajstić information content (AvgIpc) is 2.33. The smallest absolute Gasteiger partial charge is 0.274 e. The predicted molar refractivity (Wildman–Crippen MR) is 59.2 cm³/mol. The summed E-state index contributed by atoms with van der Waals surface area (Å²) in [5, 5.41) is 3.96. The van der Waals surface area contributed by atoms with E-state index in [2.05, 4.69) is 5.10 Å². The van der Waals surface area contributed by atoms with Gasteiger partial charge in [0.2, 0.25) is 0 Å². The Bertz CT molecular complexity index is 447. The highest BCUT2D eigenvalue weighted by atomic mass is 16.2. The van der Waals surface area contributed by atoms with Crippen LogP contribution in [0.15, 0.2) is 16.9 Å². The van der Waals surface area contributed by atoms with Crippen molar-refractivity contribution in [2.45, 2.75) is 19.3 Å². The van der Waals surface area contributed by atoms with Crippen LogP contribution in [-0.4, -0.2) is 33.7 Å². The lowest BCUT2D eigenvalue weighted by molar-refractivity contribution is 0.0715. The molecule has 1 aromatic heterocycles. The van der Waals surface area contributed by atoms with Crippen molar-refractivity contribution in [3.8, 4) is 0 Å². The number of carbonyl (C=O) groups is 1. The van der Waals surface area contributed by atoms with E-state index < -0.39 is 0 Å². The molecule has 0 spiro atoms. The first kappa shape index (κ1) is 10.9. The van der Waals surface area contributed by atoms with Crippen LogP contribution in [0.4, 0.5) is 0 Å². The predicted octanol–water partition coefficient (Wildman–Crippen LogP) is 0.406. The summed E-state index contributed by atoms with van der Waals surface area (Å²) in [4.78, 5) is 25.0. The molecule has 16 heavy (non-hydrogen) atoms. The third kappa shape index (κ3) is 2.13. The van der Waals surface area contributed by atoms with Crippen molar-refractivity contribution >= 4 is 5.91 Å². The van der Waals surface area contributed by atoms with Gasteiger partial charge in [0.25, 0.3) is 11.5 Å². The molecule has 5 heteroatoms. The Morgan fingerprint density at radius 2 is 1.94 bits per heavy atom. The maximum absolute atomic E-state index is 12.0. The Labute approximate surface area is 93.7 Å². The highest BCUT2D eigenvalue weighted by molar-refractivity contribution is 5.92. The molecule has 1 fully saturated rings. The van der Waals surface area contributed by atoms with Gasteiger partial charge in [-0.1, -0.05) is 0 Å². The van der Waals surface area contributed by atoms with Gasteiger partial charge in [-0.25, -0.2) is 4.68 Å². The van der Waals surface area contributed by atoms with Crippen molar-refractivity contribution in [1.82, 2.24) is 14.7 Å². The molecule has 1 aromatic rings. The molecule has 0 aromatic carbocycles. The zero-order valence-corrected chi connectivity index (χ0v) is 9.35. The van der Waals surface area contributed by atoms with E-state index in [0.29, 0.717) is 5.69 Å². The Hall–Kier alpha value is -1.65. The quantitative estimate of drug-likeness (QED) is 0.690. The van der Waals surface area contributed by atoms with Gasteiger partial charge in [0.1, 0.15) is 5.69 Å². The van der Waals surface area contributed by atoms with Crippen LogP contribution in [-0.2, 0) is 7.05 Å². The zero-order chi connectivity index (χ0) is 11.5. The van der Waals surface area contributed by atoms with E-state index in [-0.39, 0.29) is 11.5 Å². The van der Waals surface area contributed by atoms with Gasteiger partial charge in [0.15, 0.2) is 0 Å². The van der Waals surface area contributed by atoms with E-state index in [1.807, 2.05) is 0 Å². The lowest BCUT2D eigenvalue weighted by Crippen LogP contribution is -2.37. The van der Waals surface area contributed by atoms with Gasteiger partial charge < -0.3 is 4.90 Å². The summed E-state index contributed by atoms with van der Waals surface area (Å²) < 4.78 is 1.19. The first-order valence-corrected chi connectivity index (χ1v) is 5.52. The number of piperidine rings is 1. The molecular formula is C11H15N3O2. The summed E-state index contributed by atoms with van der Waals surface area (Å²) in [5.74, 6) is -0.0738. The number of nitrogens with zero attached hydrogens (tertiary/aromatic N) is 3. The second-order valence-electron chi connectivity index (χ2n) is 4.03. The molecule has 0 radical (unpaired) electrons. The first-order valence-electron chi connectivity index (χ1n) is 5.52. The van der Waals surface area contributed by atoms with Gasteiger partial charge in [-0.15, -0.1) is 0 Å². The van der Waals surface area contributed by atoms with Crippen LogP contribution in [0, 0.1) is 0 Å². The van der Waals surface area contributed by atoms with Crippen LogP contribution in [0.25, 0.3) is 0 Å². The van der Waals surface area contributed by atoms with Gasteiger partial charge in [-0.3, -0.25) is 9.59 Å². The molecule has 86 valence electrons. The van der Waals surface area contributed by atoms with Crippen LogP contribution >= 0.6 is 0 Å². The van der Waals surface area contributed by atoms with E-state index in [9.17, 15) is 9.59 Å². The number of rotatable bonds is 1. The summed E-state index contributed by atoms with van der Waals surface area (Å²) in [6.45, 7) is 1.59. The maximum Gasteiger partial charge on any atom is 0.274 e. The molecule has 0 aliphatic carbocycles. The largest absolute Gasteiger partial charge is 0.337 e. The van der Waals surface area contributed by atoms with Gasteiger partial charge in [0, 0.05) is 26.2 Å². The van der Waals surface area contributed by atoms with E-state index in [0.717, 1.165) is 25.9 Å². The van der Waals surface area contributed by atoms with E-state index in [1.54, 1.807) is 11.9 Å². The van der Waals surface area contributed by atoms with Crippen LogP contribution in [0.5, 0.6) is 0 Å². The number of aromatic nitrogens is 2. The highest BCUT2D eigenvalue weighted by Gasteiger charge is 2.19. The van der Waals surface area contributed by atoms with E-state index >= 15 is 0 Å². The summed E-state index contributed by atoms with van der Waals surface area (Å²) in [6.07, 6.45) is 3.29. The van der Waals surface area contributed by atoms with Crippen molar-refractivity contribution in [2.75, 3.05) is 13.1 Å². The number of aryl methyl sites for hydroxylation is 1. The Morgan fingerprint density at radius 3 is 2.56 bits per heavy atom. The standard InChI is InChI=1S/C11H15N3O2/c1-13-10(15)6-5-9(12-13)11(16)14-7-3-2-4-8-14/h5-6H,2-4,7-8H2,1H3. The summed E-state index contributed by atoms with van der Waals surface area (Å²) in [6, 6.07) is 2.88. The highest BCUT2D eigenvalue weighted by Crippen LogP contribution is 2.11. The maximum atomic E-state index is 12.0. The first-order chi connectivity index (χ1) is 7.68. The third-order valence-corrected chi connectivity index (χ3v) is 2.82. The molecule has 1 saturated heterocycles. The van der Waals surface area contributed by atoms with Crippen LogP contribution in [0.3, 0.4) is 0 Å². The summed E-state index contributed by atoms with van der Waals surface area (Å²) in [5.41, 5.74) is 0.152. The topological polar surface area (TPSA) is 55.2 Å². The fraction of sp³-hybridized carbons (Fsp3) is 0.545. The molecular weight excluding hydrogens is 206 g/mol. The minimum atomic E-state index is -0.199. The second kappa shape index (κ2) is 4.47. The second-order valence-corrected chi connectivity index (χ2v) is 4.03. The van der Waals surface area contributed by atoms with Crippen molar-refractivity contribution in [2.24, 2.45) is 7.05 Å². The number of hydrogen-bond acceptors (Lipinski definition) is 3. The molecule has 2 heterocycles. The van der Waals surface area contributed by atoms with Crippen molar-refractivity contribution in [3.63, 3.8) is 0 Å². The normalized spacial score (nSPS) is 16.2. The number of amides is 1. The molecule has 0 atom stereocenters. The van der Waals surface area contributed by atoms with Crippen LogP contribution in [0.2, 0.25) is 0 Å². The summed E-state index contributed by atoms with van der Waals surface area (Å²) >= 11 is 0. The van der Waals surface area contributed by atoms with Crippen LogP contribution < -0.4 is 5.56 Å². The number of hydrogen-bond donors (Lipinski definition) is 0. The Kier molecular flexibility index (Phi) is 3.03. The fourth-order valence-corrected chi connectivity index (χ4v) is 1.88. The molecule has 2 rings (SSSR count). The molecule has 1 amide bonds. The van der Waals surface area contributed by atoms with E-state index in [1.165, 1.54) is 23.2 Å². The lowest BCUT2D eigenvalue weighted by Gasteiger charge is -2.26. The molecule has 0 unspecified atom stereocenters. The van der Waals surface area contributed by atoms with Gasteiger partial charge >= 0.3 is 0 Å². The van der Waals surface area contributed by atoms with Gasteiger partial charge in [-0.2, -0.15) is 5.10 Å². The molecule has 1 aliphatic rings. The van der Waals surface area contributed by atoms with Crippen molar-refractivity contribution in [1.29, 1.82) is 0 Å². The average molecular weight is 221 g/mol. The minimum Gasteiger partial charge on any atom is -0.337 e. The number of likely N-dealkylation sites (tertiary alicyclic amines) is 1. The Balaban J connectivity index is 2.19. The molecule has 1 aliphatic heterocycles. The van der Waals surface area contributed by atoms with E-state index in [4.69, 9.17) is 0 Å². The lowest BCUT2D eigenvalue weighted by atomic mass is 10.1. The number of carbonyl (C=O) groups excluding carboxylic acids is 1. The van der Waals surface area contributed by atoms with Gasteiger partial charge in [-0.05, 0) is 25.3 Å². The van der Waals surface area contributed by atoms with Crippen molar-refractivity contribution in [3.05, 3.63) is 28.2 Å². The monoisotopic (exact) mass is 221 g/mol. The fourth-order valence-electron chi connectivity index (χ4n) is 1.88. The molecule has 0 bridgehead atoms. The van der Waals surface area contributed by atoms with Gasteiger partial charge in [0.05, 0.1) is 0 Å². The Morgan fingerprint density at radius 1 is 1.25 bits per heavy atom. The minimum absolute atomic E-state index is 0.0738. The summed E-state index contributed by atoms with van der Waals surface area (Å²) in [7, 11) is 1.55. The third-order valence-electron chi connectivity index (χ3n) is 2.82. The molecule has 5 nitrogen and oxygen atoms in total. The van der Waals surface area contributed by atoms with Crippen molar-refractivity contribution < 1.29 is 4.79 Å². The molecule has 0 saturated carbocycles. The SMILES string of the molecule is Cn1nc(C(=O)N2CCCCC2)ccc1=O. The van der Waals surface area contributed by atoms with Crippen LogP contribution in [0.1, 0.15) is 29.8 Å².